The van der Waals surface area contributed by atoms with E-state index in [1.165, 1.54) is 6.92 Å². The summed E-state index contributed by atoms with van der Waals surface area (Å²) in [6.07, 6.45) is 0. The van der Waals surface area contributed by atoms with Crippen LogP contribution in [0.2, 0.25) is 0 Å². The van der Waals surface area contributed by atoms with E-state index in [9.17, 15) is 9.59 Å². The van der Waals surface area contributed by atoms with Crippen molar-refractivity contribution in [1.29, 1.82) is 0 Å². The molecule has 2 N–H and O–H groups in total. The average Bonchev–Trinajstić information content (AvgIpc) is 2.33. The van der Waals surface area contributed by atoms with Crippen LogP contribution in [0, 0.1) is 20.8 Å². The second-order valence-corrected chi connectivity index (χ2v) is 4.57. The highest BCUT2D eigenvalue weighted by atomic mass is 16.5. The number of aryl methyl sites for hydroxylation is 2. The third-order valence-corrected chi connectivity index (χ3v) is 2.97. The van der Waals surface area contributed by atoms with Gasteiger partial charge in [-0.25, -0.2) is 0 Å². The van der Waals surface area contributed by atoms with Crippen LogP contribution in [0.15, 0.2) is 12.1 Å². The van der Waals surface area contributed by atoms with Gasteiger partial charge in [-0.05, 0) is 44.4 Å². The molecule has 0 aromatic heterocycles. The molecular formula is C14H19NO4. The normalized spacial score (nSPS) is 11.8. The number of carbonyl (C=O) groups is 2. The van der Waals surface area contributed by atoms with E-state index in [-0.39, 0.29) is 6.61 Å². The van der Waals surface area contributed by atoms with Gasteiger partial charge in [-0.3, -0.25) is 9.59 Å². The molecule has 1 atom stereocenters. The standard InChI is InChI=1S/C14H19NO4/c1-8-5-6-9(2)13(10(8)3)19-7-12(16)15-11(4)14(17)18/h5-6,11H,7H2,1-4H3,(H,15,16)(H,17,18)/t11-/m0/s1. The van der Waals surface area contributed by atoms with Crippen molar-refractivity contribution in [1.82, 2.24) is 5.32 Å². The Kier molecular flexibility index (Phi) is 4.92. The van der Waals surface area contributed by atoms with Crippen molar-refractivity contribution in [3.63, 3.8) is 0 Å². The molecule has 0 aliphatic heterocycles. The van der Waals surface area contributed by atoms with Crippen LogP contribution in [0.5, 0.6) is 5.75 Å². The molecule has 1 amide bonds. The number of benzene rings is 1. The van der Waals surface area contributed by atoms with E-state index in [1.807, 2.05) is 32.9 Å². The molecule has 5 nitrogen and oxygen atoms in total. The molecule has 0 bridgehead atoms. The highest BCUT2D eigenvalue weighted by molar-refractivity contribution is 5.84. The number of carboxylic acid groups (broad SMARTS) is 1. The van der Waals surface area contributed by atoms with Gasteiger partial charge in [0.05, 0.1) is 0 Å². The van der Waals surface area contributed by atoms with Gasteiger partial charge in [-0.2, -0.15) is 0 Å². The van der Waals surface area contributed by atoms with Crippen molar-refractivity contribution in [2.45, 2.75) is 33.7 Å². The molecule has 0 saturated carbocycles. The molecule has 0 heterocycles. The maximum Gasteiger partial charge on any atom is 0.325 e. The van der Waals surface area contributed by atoms with Crippen molar-refractivity contribution >= 4 is 11.9 Å². The number of amides is 1. The van der Waals surface area contributed by atoms with Crippen LogP contribution in [0.3, 0.4) is 0 Å². The Morgan fingerprint density at radius 3 is 2.42 bits per heavy atom. The molecule has 1 rings (SSSR count). The lowest BCUT2D eigenvalue weighted by atomic mass is 10.1. The number of ether oxygens (including phenoxy) is 1. The number of carboxylic acids is 1. The van der Waals surface area contributed by atoms with Gasteiger partial charge in [0.15, 0.2) is 6.61 Å². The van der Waals surface area contributed by atoms with Gasteiger partial charge in [-0.1, -0.05) is 12.1 Å². The van der Waals surface area contributed by atoms with Crippen LogP contribution >= 0.6 is 0 Å². The first-order chi connectivity index (χ1) is 8.82. The summed E-state index contributed by atoms with van der Waals surface area (Å²) >= 11 is 0. The van der Waals surface area contributed by atoms with Crippen molar-refractivity contribution in [2.24, 2.45) is 0 Å². The fourth-order valence-electron chi connectivity index (χ4n) is 1.63. The zero-order valence-corrected chi connectivity index (χ0v) is 11.6. The summed E-state index contributed by atoms with van der Waals surface area (Å²) in [7, 11) is 0. The first-order valence-corrected chi connectivity index (χ1v) is 6.04. The number of aliphatic carboxylic acids is 1. The van der Waals surface area contributed by atoms with Crippen LogP contribution < -0.4 is 10.1 Å². The SMILES string of the molecule is Cc1ccc(C)c(OCC(=O)N[C@@H](C)C(=O)O)c1C. The molecule has 1 aromatic rings. The quantitative estimate of drug-likeness (QED) is 0.847. The topological polar surface area (TPSA) is 75.6 Å². The van der Waals surface area contributed by atoms with Crippen LogP contribution in [0.4, 0.5) is 0 Å². The van der Waals surface area contributed by atoms with E-state index in [0.717, 1.165) is 16.7 Å². The minimum absolute atomic E-state index is 0.192. The maximum absolute atomic E-state index is 11.5. The average molecular weight is 265 g/mol. The van der Waals surface area contributed by atoms with Gasteiger partial charge in [0.25, 0.3) is 5.91 Å². The molecule has 0 aliphatic carbocycles. The van der Waals surface area contributed by atoms with Crippen LogP contribution in [0.25, 0.3) is 0 Å². The third-order valence-electron chi connectivity index (χ3n) is 2.97. The van der Waals surface area contributed by atoms with E-state index >= 15 is 0 Å². The highest BCUT2D eigenvalue weighted by Crippen LogP contribution is 2.25. The maximum atomic E-state index is 11.5. The van der Waals surface area contributed by atoms with E-state index < -0.39 is 17.9 Å². The third kappa shape index (κ3) is 3.98. The number of nitrogens with one attached hydrogen (secondary N) is 1. The molecule has 0 radical (unpaired) electrons. The Labute approximate surface area is 112 Å². The first kappa shape index (κ1) is 15.0. The zero-order valence-electron chi connectivity index (χ0n) is 11.6. The highest BCUT2D eigenvalue weighted by Gasteiger charge is 2.15. The summed E-state index contributed by atoms with van der Waals surface area (Å²) in [5.41, 5.74) is 3.01. The summed E-state index contributed by atoms with van der Waals surface area (Å²) in [6, 6.07) is 3.00. The smallest absolute Gasteiger partial charge is 0.325 e. The summed E-state index contributed by atoms with van der Waals surface area (Å²) < 4.78 is 5.49. The van der Waals surface area contributed by atoms with E-state index in [1.54, 1.807) is 0 Å². The van der Waals surface area contributed by atoms with Crippen LogP contribution in [-0.2, 0) is 9.59 Å². The second-order valence-electron chi connectivity index (χ2n) is 4.57. The molecule has 19 heavy (non-hydrogen) atoms. The summed E-state index contributed by atoms with van der Waals surface area (Å²) in [4.78, 5) is 22.1. The Morgan fingerprint density at radius 1 is 1.26 bits per heavy atom. The number of hydrogen-bond donors (Lipinski definition) is 2. The Hall–Kier alpha value is -2.04. The lowest BCUT2D eigenvalue weighted by Crippen LogP contribution is -2.40. The Balaban J connectivity index is 2.65. The largest absolute Gasteiger partial charge is 0.483 e. The number of carbonyl (C=O) groups excluding carboxylic acids is 1. The van der Waals surface area contributed by atoms with Crippen LogP contribution in [0.1, 0.15) is 23.6 Å². The van der Waals surface area contributed by atoms with Crippen molar-refractivity contribution in [3.8, 4) is 5.75 Å². The lowest BCUT2D eigenvalue weighted by Gasteiger charge is -2.14. The van der Waals surface area contributed by atoms with E-state index in [0.29, 0.717) is 5.75 Å². The molecule has 1 aromatic carbocycles. The van der Waals surface area contributed by atoms with Crippen molar-refractivity contribution < 1.29 is 19.4 Å². The van der Waals surface area contributed by atoms with E-state index in [4.69, 9.17) is 9.84 Å². The Morgan fingerprint density at radius 2 is 1.84 bits per heavy atom. The van der Waals surface area contributed by atoms with Gasteiger partial charge in [0.1, 0.15) is 11.8 Å². The summed E-state index contributed by atoms with van der Waals surface area (Å²) in [5.74, 6) is -0.843. The molecule has 0 saturated heterocycles. The molecule has 0 spiro atoms. The monoisotopic (exact) mass is 265 g/mol. The molecule has 0 unspecified atom stereocenters. The molecule has 0 fully saturated rings. The van der Waals surface area contributed by atoms with Crippen molar-refractivity contribution in [3.05, 3.63) is 28.8 Å². The van der Waals surface area contributed by atoms with Crippen molar-refractivity contribution in [2.75, 3.05) is 6.61 Å². The van der Waals surface area contributed by atoms with Gasteiger partial charge in [-0.15, -0.1) is 0 Å². The van der Waals surface area contributed by atoms with E-state index in [2.05, 4.69) is 5.32 Å². The lowest BCUT2D eigenvalue weighted by molar-refractivity contribution is -0.141. The molecule has 5 heteroatoms. The molecule has 0 aliphatic rings. The predicted octanol–water partition coefficient (Wildman–Crippen LogP) is 1.58. The van der Waals surface area contributed by atoms with Gasteiger partial charge in [0, 0.05) is 0 Å². The van der Waals surface area contributed by atoms with Crippen LogP contribution in [-0.4, -0.2) is 29.6 Å². The minimum Gasteiger partial charge on any atom is -0.483 e. The summed E-state index contributed by atoms with van der Waals surface area (Å²) in [5, 5.41) is 11.0. The number of rotatable bonds is 5. The van der Waals surface area contributed by atoms with Gasteiger partial charge in [0.2, 0.25) is 0 Å². The first-order valence-electron chi connectivity index (χ1n) is 6.04. The van der Waals surface area contributed by atoms with Gasteiger partial charge >= 0.3 is 5.97 Å². The second kappa shape index (κ2) is 6.22. The molecule has 104 valence electrons. The fraction of sp³-hybridized carbons (Fsp3) is 0.429. The summed E-state index contributed by atoms with van der Waals surface area (Å²) in [6.45, 7) is 7.01. The fourth-order valence-corrected chi connectivity index (χ4v) is 1.63. The minimum atomic E-state index is -1.07. The Bertz CT molecular complexity index is 496. The number of hydrogen-bond acceptors (Lipinski definition) is 3. The molecular weight excluding hydrogens is 246 g/mol. The zero-order chi connectivity index (χ0) is 14.6. The van der Waals surface area contributed by atoms with Gasteiger partial charge < -0.3 is 15.2 Å². The predicted molar refractivity (Wildman–Crippen MR) is 71.4 cm³/mol.